The van der Waals surface area contributed by atoms with Crippen LogP contribution in [-0.4, -0.2) is 20.1 Å². The molecule has 4 nitrogen and oxygen atoms in total. The van der Waals surface area contributed by atoms with Crippen molar-refractivity contribution in [2.24, 2.45) is 0 Å². The van der Waals surface area contributed by atoms with Gasteiger partial charge in [-0.25, -0.2) is 0 Å². The number of hydrogen-bond donors (Lipinski definition) is 1. The van der Waals surface area contributed by atoms with E-state index in [2.05, 4.69) is 12.1 Å². The van der Waals surface area contributed by atoms with E-state index in [0.717, 1.165) is 0 Å². The average molecular weight is 262 g/mol. The van der Waals surface area contributed by atoms with Crippen LogP contribution in [0, 0.1) is 12.1 Å². The highest BCUT2D eigenvalue weighted by Gasteiger charge is 2.18. The van der Waals surface area contributed by atoms with Gasteiger partial charge in [-0.2, -0.15) is 8.42 Å². The second-order valence-corrected chi connectivity index (χ2v) is 4.89. The van der Waals surface area contributed by atoms with E-state index in [4.69, 9.17) is 4.74 Å². The van der Waals surface area contributed by atoms with E-state index in [1.54, 1.807) is 24.3 Å². The highest BCUT2D eigenvalue weighted by molar-refractivity contribution is 7.86. The molecular formula is C13H10O4S. The Kier molecular flexibility index (Phi) is 3.36. The van der Waals surface area contributed by atoms with E-state index >= 15 is 0 Å². The SMILES string of the molecule is COc1[c]cc[c]c1-c1ccccc1S(=O)(=O)O. The third kappa shape index (κ3) is 2.37. The lowest BCUT2D eigenvalue weighted by Gasteiger charge is -2.10. The Morgan fingerprint density at radius 2 is 1.83 bits per heavy atom. The van der Waals surface area contributed by atoms with Gasteiger partial charge >= 0.3 is 0 Å². The first-order valence-corrected chi connectivity index (χ1v) is 6.51. The second kappa shape index (κ2) is 4.80. The summed E-state index contributed by atoms with van der Waals surface area (Å²) < 4.78 is 36.9. The quantitative estimate of drug-likeness (QED) is 0.861. The molecule has 0 aromatic heterocycles. The van der Waals surface area contributed by atoms with Crippen molar-refractivity contribution in [2.75, 3.05) is 7.11 Å². The highest BCUT2D eigenvalue weighted by atomic mass is 32.2. The van der Waals surface area contributed by atoms with Crippen LogP contribution in [0.2, 0.25) is 0 Å². The fourth-order valence-corrected chi connectivity index (χ4v) is 2.34. The molecular weight excluding hydrogens is 252 g/mol. The monoisotopic (exact) mass is 262 g/mol. The molecule has 0 heterocycles. The minimum atomic E-state index is -4.30. The van der Waals surface area contributed by atoms with E-state index in [9.17, 15) is 13.0 Å². The molecule has 0 atom stereocenters. The van der Waals surface area contributed by atoms with E-state index < -0.39 is 10.1 Å². The van der Waals surface area contributed by atoms with Gasteiger partial charge in [0.25, 0.3) is 10.1 Å². The molecule has 1 N–H and O–H groups in total. The van der Waals surface area contributed by atoms with Crippen LogP contribution in [0.25, 0.3) is 11.1 Å². The second-order valence-electron chi connectivity index (χ2n) is 3.50. The smallest absolute Gasteiger partial charge is 0.295 e. The minimum Gasteiger partial charge on any atom is -0.495 e. The van der Waals surface area contributed by atoms with E-state index in [1.807, 2.05) is 0 Å². The summed E-state index contributed by atoms with van der Waals surface area (Å²) in [6.45, 7) is 0. The van der Waals surface area contributed by atoms with Gasteiger partial charge in [0.2, 0.25) is 0 Å². The molecule has 2 aromatic carbocycles. The fraction of sp³-hybridized carbons (Fsp3) is 0.0769. The molecule has 92 valence electrons. The van der Waals surface area contributed by atoms with Gasteiger partial charge < -0.3 is 4.74 Å². The van der Waals surface area contributed by atoms with Crippen LogP contribution in [0.15, 0.2) is 41.3 Å². The van der Waals surface area contributed by atoms with Crippen molar-refractivity contribution in [1.82, 2.24) is 0 Å². The van der Waals surface area contributed by atoms with Gasteiger partial charge in [0.15, 0.2) is 0 Å². The van der Waals surface area contributed by atoms with Gasteiger partial charge in [-0.1, -0.05) is 24.3 Å². The molecule has 2 aromatic rings. The summed E-state index contributed by atoms with van der Waals surface area (Å²) in [5.74, 6) is 0.369. The van der Waals surface area contributed by atoms with E-state index in [-0.39, 0.29) is 4.90 Å². The lowest BCUT2D eigenvalue weighted by molar-refractivity contribution is 0.415. The molecule has 0 bridgehead atoms. The zero-order valence-corrected chi connectivity index (χ0v) is 10.4. The van der Waals surface area contributed by atoms with E-state index in [0.29, 0.717) is 16.9 Å². The topological polar surface area (TPSA) is 63.6 Å². The number of hydrogen-bond acceptors (Lipinski definition) is 3. The number of rotatable bonds is 3. The van der Waals surface area contributed by atoms with Crippen molar-refractivity contribution in [1.29, 1.82) is 0 Å². The number of ether oxygens (including phenoxy) is 1. The van der Waals surface area contributed by atoms with Gasteiger partial charge in [-0.05, 0) is 18.2 Å². The lowest BCUT2D eigenvalue weighted by Crippen LogP contribution is -2.01. The largest absolute Gasteiger partial charge is 0.495 e. The van der Waals surface area contributed by atoms with E-state index in [1.165, 1.54) is 19.2 Å². The summed E-state index contributed by atoms with van der Waals surface area (Å²) in [6, 6.07) is 15.0. The highest BCUT2D eigenvalue weighted by Crippen LogP contribution is 2.33. The van der Waals surface area contributed by atoms with Crippen molar-refractivity contribution in [2.45, 2.75) is 4.90 Å². The van der Waals surface area contributed by atoms with Crippen LogP contribution in [-0.2, 0) is 10.1 Å². The molecule has 0 unspecified atom stereocenters. The predicted octanol–water partition coefficient (Wildman–Crippen LogP) is 2.21. The Balaban J connectivity index is 2.72. The molecule has 5 heteroatoms. The molecule has 0 fully saturated rings. The van der Waals surface area contributed by atoms with Crippen LogP contribution >= 0.6 is 0 Å². The Hall–Kier alpha value is -1.85. The summed E-state index contributed by atoms with van der Waals surface area (Å²) >= 11 is 0. The van der Waals surface area contributed by atoms with Gasteiger partial charge in [0, 0.05) is 17.2 Å². The molecule has 0 amide bonds. The zero-order valence-electron chi connectivity index (χ0n) is 9.54. The Morgan fingerprint density at radius 3 is 2.50 bits per heavy atom. The predicted molar refractivity (Wildman–Crippen MR) is 65.9 cm³/mol. The molecule has 0 aliphatic rings. The first-order chi connectivity index (χ1) is 8.54. The molecule has 2 rings (SSSR count). The number of benzene rings is 2. The van der Waals surface area contributed by atoms with Crippen LogP contribution in [0.1, 0.15) is 0 Å². The molecule has 2 radical (unpaired) electrons. The van der Waals surface area contributed by atoms with Crippen LogP contribution in [0.3, 0.4) is 0 Å². The van der Waals surface area contributed by atoms with Crippen molar-refractivity contribution < 1.29 is 17.7 Å². The third-order valence-corrected chi connectivity index (χ3v) is 3.30. The standard InChI is InChI=1S/C13H10O4S/c1-17-12-8-4-2-6-10(12)11-7-3-5-9-13(11)18(14,15)16/h2-5,7,9H,1H3,(H,14,15,16). The van der Waals surface area contributed by atoms with Crippen LogP contribution < -0.4 is 4.74 Å². The first-order valence-electron chi connectivity index (χ1n) is 5.07. The summed E-state index contributed by atoms with van der Waals surface area (Å²) in [4.78, 5) is -0.181. The van der Waals surface area contributed by atoms with Gasteiger partial charge in [-0.3, -0.25) is 4.55 Å². The molecule has 0 spiro atoms. The first kappa shape index (κ1) is 12.6. The maximum atomic E-state index is 11.3. The Labute approximate surface area is 106 Å². The normalized spacial score (nSPS) is 11.2. The van der Waals surface area contributed by atoms with Gasteiger partial charge in [-0.15, -0.1) is 0 Å². The Bertz CT molecular complexity index is 662. The lowest BCUT2D eigenvalue weighted by atomic mass is 10.0. The molecule has 0 aliphatic carbocycles. The summed E-state index contributed by atoms with van der Waals surface area (Å²) in [5, 5.41) is 0. The maximum Gasteiger partial charge on any atom is 0.295 e. The molecule has 0 aliphatic heterocycles. The molecule has 0 saturated carbocycles. The molecule has 0 saturated heterocycles. The number of methoxy groups -OCH3 is 1. The van der Waals surface area contributed by atoms with Gasteiger partial charge in [0.1, 0.15) is 10.6 Å². The summed E-state index contributed by atoms with van der Waals surface area (Å²) in [6.07, 6.45) is 0. The van der Waals surface area contributed by atoms with Crippen LogP contribution in [0.4, 0.5) is 0 Å². The third-order valence-electron chi connectivity index (χ3n) is 2.39. The van der Waals surface area contributed by atoms with Gasteiger partial charge in [0.05, 0.1) is 7.11 Å². The maximum absolute atomic E-state index is 11.3. The Morgan fingerprint density at radius 1 is 1.17 bits per heavy atom. The van der Waals surface area contributed by atoms with Crippen molar-refractivity contribution in [3.8, 4) is 16.9 Å². The van der Waals surface area contributed by atoms with Crippen molar-refractivity contribution >= 4 is 10.1 Å². The average Bonchev–Trinajstić information content (AvgIpc) is 2.37. The fourth-order valence-electron chi connectivity index (χ4n) is 1.64. The van der Waals surface area contributed by atoms with Crippen molar-refractivity contribution in [3.63, 3.8) is 0 Å². The van der Waals surface area contributed by atoms with Crippen LogP contribution in [0.5, 0.6) is 5.75 Å². The molecule has 18 heavy (non-hydrogen) atoms. The minimum absolute atomic E-state index is 0.181. The van der Waals surface area contributed by atoms with Crippen molar-refractivity contribution in [3.05, 3.63) is 48.5 Å². The summed E-state index contributed by atoms with van der Waals surface area (Å²) in [7, 11) is -2.84. The zero-order chi connectivity index (χ0) is 13.2. The summed E-state index contributed by atoms with van der Waals surface area (Å²) in [5.41, 5.74) is 0.766.